The Labute approximate surface area is 196 Å². The summed E-state index contributed by atoms with van der Waals surface area (Å²) in [5, 5.41) is 11.8. The smallest absolute Gasteiger partial charge is 0.416 e. The second-order valence-electron chi connectivity index (χ2n) is 6.86. The maximum absolute atomic E-state index is 13.0. The first-order valence-electron chi connectivity index (χ1n) is 9.80. The molecule has 1 heterocycles. The van der Waals surface area contributed by atoms with Gasteiger partial charge in [-0.3, -0.25) is 19.3 Å². The van der Waals surface area contributed by atoms with Gasteiger partial charge in [0.25, 0.3) is 11.1 Å². The van der Waals surface area contributed by atoms with Crippen LogP contribution in [0.25, 0.3) is 6.08 Å². The van der Waals surface area contributed by atoms with Crippen LogP contribution in [0.5, 0.6) is 17.2 Å². The number of ether oxygens (including phenoxy) is 2. The molecular formula is C22H19F3N2O6S. The summed E-state index contributed by atoms with van der Waals surface area (Å²) in [6.45, 7) is 1.31. The SMILES string of the molecule is CCOc1cccc(/C=C2\SC(=O)N(CC(=O)Nc3cc(C(F)(F)F)ccc3OC)C2=O)c1O. The number of anilines is 1. The van der Waals surface area contributed by atoms with Crippen molar-refractivity contribution in [1.82, 2.24) is 4.90 Å². The Morgan fingerprint density at radius 1 is 1.21 bits per heavy atom. The van der Waals surface area contributed by atoms with E-state index in [1.165, 1.54) is 25.3 Å². The lowest BCUT2D eigenvalue weighted by Crippen LogP contribution is -2.36. The zero-order valence-electron chi connectivity index (χ0n) is 17.9. The average Bonchev–Trinajstić information content (AvgIpc) is 3.03. The number of benzene rings is 2. The molecule has 0 saturated carbocycles. The number of phenols is 1. The van der Waals surface area contributed by atoms with Gasteiger partial charge in [-0.1, -0.05) is 12.1 Å². The molecule has 34 heavy (non-hydrogen) atoms. The number of nitrogens with zero attached hydrogens (tertiary/aromatic N) is 1. The fraction of sp³-hybridized carbons (Fsp3) is 0.227. The van der Waals surface area contributed by atoms with Gasteiger partial charge in [-0.2, -0.15) is 13.2 Å². The van der Waals surface area contributed by atoms with Crippen LogP contribution in [0.15, 0.2) is 41.3 Å². The topological polar surface area (TPSA) is 105 Å². The minimum Gasteiger partial charge on any atom is -0.504 e. The Hall–Kier alpha value is -3.67. The lowest BCUT2D eigenvalue weighted by molar-refractivity contribution is -0.137. The largest absolute Gasteiger partial charge is 0.504 e. The Bertz CT molecular complexity index is 1170. The molecule has 0 unspecified atom stereocenters. The maximum atomic E-state index is 13.0. The van der Waals surface area contributed by atoms with Gasteiger partial charge >= 0.3 is 6.18 Å². The van der Waals surface area contributed by atoms with Crippen molar-refractivity contribution in [3.8, 4) is 17.2 Å². The number of carbonyl (C=O) groups excluding carboxylic acids is 3. The van der Waals surface area contributed by atoms with E-state index in [1.807, 2.05) is 0 Å². The summed E-state index contributed by atoms with van der Waals surface area (Å²) in [7, 11) is 1.22. The van der Waals surface area contributed by atoms with Crippen LogP contribution in [0.3, 0.4) is 0 Å². The number of para-hydroxylation sites is 1. The van der Waals surface area contributed by atoms with Crippen molar-refractivity contribution >= 4 is 40.6 Å². The number of alkyl halides is 3. The maximum Gasteiger partial charge on any atom is 0.416 e. The molecule has 1 aliphatic heterocycles. The molecule has 2 aromatic carbocycles. The number of halogens is 3. The number of methoxy groups -OCH3 is 1. The molecule has 1 aliphatic rings. The van der Waals surface area contributed by atoms with Crippen molar-refractivity contribution in [1.29, 1.82) is 0 Å². The molecule has 3 amide bonds. The number of imide groups is 1. The molecule has 1 saturated heterocycles. The quantitative estimate of drug-likeness (QED) is 0.544. The van der Waals surface area contributed by atoms with Gasteiger partial charge < -0.3 is 19.9 Å². The van der Waals surface area contributed by atoms with Gasteiger partial charge in [-0.15, -0.1) is 0 Å². The van der Waals surface area contributed by atoms with Crippen LogP contribution in [-0.4, -0.2) is 47.3 Å². The van der Waals surface area contributed by atoms with Crippen LogP contribution < -0.4 is 14.8 Å². The third kappa shape index (κ3) is 5.45. The van der Waals surface area contributed by atoms with Crippen molar-refractivity contribution in [3.05, 3.63) is 52.4 Å². The van der Waals surface area contributed by atoms with Crippen molar-refractivity contribution in [2.45, 2.75) is 13.1 Å². The predicted octanol–water partition coefficient (Wildman–Crippen LogP) is 4.49. The number of thioether (sulfide) groups is 1. The summed E-state index contributed by atoms with van der Waals surface area (Å²) in [5.74, 6) is -1.74. The van der Waals surface area contributed by atoms with Crippen LogP contribution in [0, 0.1) is 0 Å². The monoisotopic (exact) mass is 496 g/mol. The molecule has 0 radical (unpaired) electrons. The van der Waals surface area contributed by atoms with E-state index in [9.17, 15) is 32.7 Å². The van der Waals surface area contributed by atoms with Crippen LogP contribution >= 0.6 is 11.8 Å². The fourth-order valence-corrected chi connectivity index (χ4v) is 3.85. The van der Waals surface area contributed by atoms with Crippen molar-refractivity contribution in [3.63, 3.8) is 0 Å². The molecule has 180 valence electrons. The van der Waals surface area contributed by atoms with E-state index >= 15 is 0 Å². The van der Waals surface area contributed by atoms with E-state index in [4.69, 9.17) is 9.47 Å². The zero-order chi connectivity index (χ0) is 25.0. The highest BCUT2D eigenvalue weighted by Crippen LogP contribution is 2.37. The van der Waals surface area contributed by atoms with Crippen molar-refractivity contribution in [2.75, 3.05) is 25.6 Å². The summed E-state index contributed by atoms with van der Waals surface area (Å²) in [6, 6.07) is 7.18. The summed E-state index contributed by atoms with van der Waals surface area (Å²) in [6.07, 6.45) is -3.36. The first kappa shape index (κ1) is 25.0. The lowest BCUT2D eigenvalue weighted by atomic mass is 10.1. The van der Waals surface area contributed by atoms with Gasteiger partial charge in [0, 0.05) is 5.56 Å². The summed E-state index contributed by atoms with van der Waals surface area (Å²) in [4.78, 5) is 38.1. The molecule has 0 atom stereocenters. The minimum absolute atomic E-state index is 0.0277. The minimum atomic E-state index is -4.64. The van der Waals surface area contributed by atoms with E-state index in [-0.39, 0.29) is 33.4 Å². The molecule has 1 fully saturated rings. The highest BCUT2D eigenvalue weighted by molar-refractivity contribution is 8.18. The third-order valence-corrected chi connectivity index (χ3v) is 5.50. The Balaban J connectivity index is 1.77. The molecule has 8 nitrogen and oxygen atoms in total. The predicted molar refractivity (Wildman–Crippen MR) is 119 cm³/mol. The number of rotatable bonds is 7. The Morgan fingerprint density at radius 2 is 1.94 bits per heavy atom. The summed E-state index contributed by atoms with van der Waals surface area (Å²) >= 11 is 0.559. The first-order valence-corrected chi connectivity index (χ1v) is 10.6. The van der Waals surface area contributed by atoms with Crippen LogP contribution in [-0.2, 0) is 15.8 Å². The molecule has 0 aromatic heterocycles. The highest BCUT2D eigenvalue weighted by atomic mass is 32.2. The van der Waals surface area contributed by atoms with E-state index in [1.54, 1.807) is 13.0 Å². The van der Waals surface area contributed by atoms with Crippen LogP contribution in [0.1, 0.15) is 18.1 Å². The molecule has 0 spiro atoms. The van der Waals surface area contributed by atoms with E-state index in [0.29, 0.717) is 29.3 Å². The average molecular weight is 496 g/mol. The number of hydrogen-bond acceptors (Lipinski definition) is 7. The second kappa shape index (κ2) is 10.1. The van der Waals surface area contributed by atoms with Gasteiger partial charge in [-0.25, -0.2) is 0 Å². The number of aromatic hydroxyl groups is 1. The normalized spacial score (nSPS) is 15.1. The van der Waals surface area contributed by atoms with Crippen LogP contribution in [0.4, 0.5) is 23.7 Å². The second-order valence-corrected chi connectivity index (χ2v) is 7.85. The Kier molecular flexibility index (Phi) is 7.40. The number of carbonyl (C=O) groups is 3. The van der Waals surface area contributed by atoms with E-state index in [0.717, 1.165) is 12.1 Å². The van der Waals surface area contributed by atoms with Gasteiger partial charge in [0.15, 0.2) is 11.5 Å². The number of nitrogens with one attached hydrogen (secondary N) is 1. The highest BCUT2D eigenvalue weighted by Gasteiger charge is 2.37. The molecule has 2 aromatic rings. The van der Waals surface area contributed by atoms with Gasteiger partial charge in [-0.05, 0) is 49.0 Å². The van der Waals surface area contributed by atoms with Gasteiger partial charge in [0.2, 0.25) is 5.91 Å². The van der Waals surface area contributed by atoms with Gasteiger partial charge in [0.05, 0.1) is 29.9 Å². The summed E-state index contributed by atoms with van der Waals surface area (Å²) in [5.41, 5.74) is -1.04. The van der Waals surface area contributed by atoms with Crippen molar-refractivity contribution in [2.24, 2.45) is 0 Å². The first-order chi connectivity index (χ1) is 16.0. The molecule has 0 bridgehead atoms. The Morgan fingerprint density at radius 3 is 2.59 bits per heavy atom. The molecule has 0 aliphatic carbocycles. The lowest BCUT2D eigenvalue weighted by Gasteiger charge is -2.16. The van der Waals surface area contributed by atoms with E-state index < -0.39 is 35.3 Å². The number of phenolic OH excluding ortho intramolecular Hbond substituents is 1. The summed E-state index contributed by atoms with van der Waals surface area (Å²) < 4.78 is 49.3. The van der Waals surface area contributed by atoms with Gasteiger partial charge in [0.1, 0.15) is 12.3 Å². The molecule has 3 rings (SSSR count). The zero-order valence-corrected chi connectivity index (χ0v) is 18.7. The number of amides is 3. The third-order valence-electron chi connectivity index (χ3n) is 4.59. The molecule has 12 heteroatoms. The molecular weight excluding hydrogens is 477 g/mol. The fourth-order valence-electron chi connectivity index (χ4n) is 3.02. The standard InChI is InChI=1S/C22H19F3N2O6S/c1-3-33-16-6-4-5-12(19(16)29)9-17-20(30)27(21(31)34-17)11-18(28)26-14-10-13(22(23,24)25)7-8-15(14)32-2/h4-10,29H,3,11H2,1-2H3,(H,26,28)/b17-9-. The number of hydrogen-bond donors (Lipinski definition) is 2. The van der Waals surface area contributed by atoms with Crippen molar-refractivity contribution < 1.29 is 42.1 Å². The van der Waals surface area contributed by atoms with Crippen LogP contribution in [0.2, 0.25) is 0 Å². The van der Waals surface area contributed by atoms with E-state index in [2.05, 4.69) is 5.32 Å². The molecule has 2 N–H and O–H groups in total.